The van der Waals surface area contributed by atoms with Crippen LogP contribution < -0.4 is 0 Å². The van der Waals surface area contributed by atoms with E-state index in [2.05, 4.69) is 22.6 Å². The molecule has 76 valence electrons. The Morgan fingerprint density at radius 1 is 1.07 bits per heavy atom. The van der Waals surface area contributed by atoms with Gasteiger partial charge in [-0.05, 0) is 0 Å². The van der Waals surface area contributed by atoms with Crippen molar-refractivity contribution in [2.75, 3.05) is 6.61 Å². The number of carbonyl (C=O) groups is 3. The molecule has 0 spiro atoms. The first-order valence-electron chi connectivity index (χ1n) is 3.76. The molecule has 14 heavy (non-hydrogen) atoms. The first-order chi connectivity index (χ1) is 6.60. The summed E-state index contributed by atoms with van der Waals surface area (Å²) in [5.41, 5.74) is 0. The zero-order valence-corrected chi connectivity index (χ0v) is 7.52. The molecular weight excluding hydrogens is 188 g/mol. The monoisotopic (exact) mass is 198 g/mol. The SMILES string of the molecule is C=CC(=O)OCCC(=O)OC(=O)C=C. The maximum absolute atomic E-state index is 10.8. The third-order valence-electron chi connectivity index (χ3n) is 1.10. The molecule has 0 aromatic carbocycles. The van der Waals surface area contributed by atoms with Crippen LogP contribution in [0, 0.1) is 0 Å². The van der Waals surface area contributed by atoms with E-state index in [1.165, 1.54) is 0 Å². The quantitative estimate of drug-likeness (QED) is 0.362. The van der Waals surface area contributed by atoms with Gasteiger partial charge in [0.05, 0.1) is 6.42 Å². The molecule has 0 aliphatic carbocycles. The van der Waals surface area contributed by atoms with Crippen LogP contribution in [0.15, 0.2) is 25.3 Å². The minimum atomic E-state index is -0.829. The van der Waals surface area contributed by atoms with Crippen molar-refractivity contribution in [2.45, 2.75) is 6.42 Å². The Morgan fingerprint density at radius 2 is 1.64 bits per heavy atom. The molecule has 0 aliphatic rings. The normalized spacial score (nSPS) is 8.57. The number of esters is 3. The van der Waals surface area contributed by atoms with Crippen LogP contribution in [0.5, 0.6) is 0 Å². The lowest BCUT2D eigenvalue weighted by molar-refractivity contribution is -0.157. The molecule has 0 unspecified atom stereocenters. The van der Waals surface area contributed by atoms with Gasteiger partial charge in [0.2, 0.25) is 0 Å². The summed E-state index contributed by atoms with van der Waals surface area (Å²) in [5, 5.41) is 0. The van der Waals surface area contributed by atoms with Gasteiger partial charge in [-0.1, -0.05) is 13.2 Å². The maximum Gasteiger partial charge on any atom is 0.337 e. The summed E-state index contributed by atoms with van der Waals surface area (Å²) < 4.78 is 8.68. The molecule has 0 saturated heterocycles. The molecule has 0 aromatic heterocycles. The van der Waals surface area contributed by atoms with Gasteiger partial charge in [-0.2, -0.15) is 0 Å². The lowest BCUT2D eigenvalue weighted by Crippen LogP contribution is -2.13. The molecule has 5 nitrogen and oxygen atoms in total. The van der Waals surface area contributed by atoms with Crippen molar-refractivity contribution in [1.29, 1.82) is 0 Å². The van der Waals surface area contributed by atoms with Gasteiger partial charge in [-0.25, -0.2) is 9.59 Å². The lowest BCUT2D eigenvalue weighted by atomic mass is 10.4. The molecule has 0 saturated carbocycles. The van der Waals surface area contributed by atoms with Gasteiger partial charge in [0.1, 0.15) is 6.61 Å². The van der Waals surface area contributed by atoms with E-state index in [0.29, 0.717) is 0 Å². The standard InChI is InChI=1S/C9H10O5/c1-3-7(10)13-6-5-9(12)14-8(11)4-2/h3-4H,1-2,5-6H2. The van der Waals surface area contributed by atoms with Crippen molar-refractivity contribution in [3.8, 4) is 0 Å². The Bertz CT molecular complexity index is 266. The topological polar surface area (TPSA) is 69.7 Å². The summed E-state index contributed by atoms with van der Waals surface area (Å²) in [6.07, 6.45) is 1.66. The van der Waals surface area contributed by atoms with Crippen LogP contribution in [0.3, 0.4) is 0 Å². The Hall–Kier alpha value is -1.91. The number of ether oxygens (including phenoxy) is 2. The van der Waals surface area contributed by atoms with Crippen molar-refractivity contribution < 1.29 is 23.9 Å². The third kappa shape index (κ3) is 5.70. The minimum absolute atomic E-state index is 0.145. The molecule has 0 rings (SSSR count). The number of rotatable bonds is 5. The highest BCUT2D eigenvalue weighted by Gasteiger charge is 2.07. The van der Waals surface area contributed by atoms with Gasteiger partial charge >= 0.3 is 17.9 Å². The van der Waals surface area contributed by atoms with Gasteiger partial charge in [0, 0.05) is 12.2 Å². The lowest BCUT2D eigenvalue weighted by Gasteiger charge is -2.00. The Kier molecular flexibility index (Phi) is 5.69. The average molecular weight is 198 g/mol. The fourth-order valence-electron chi connectivity index (χ4n) is 0.499. The van der Waals surface area contributed by atoms with E-state index in [9.17, 15) is 14.4 Å². The van der Waals surface area contributed by atoms with Crippen molar-refractivity contribution in [2.24, 2.45) is 0 Å². The van der Waals surface area contributed by atoms with E-state index < -0.39 is 17.9 Å². The van der Waals surface area contributed by atoms with Crippen molar-refractivity contribution >= 4 is 17.9 Å². The largest absolute Gasteiger partial charge is 0.462 e. The Labute approximate surface area is 81.0 Å². The predicted molar refractivity (Wildman–Crippen MR) is 47.1 cm³/mol. The number of hydrogen-bond donors (Lipinski definition) is 0. The van der Waals surface area contributed by atoms with E-state index >= 15 is 0 Å². The van der Waals surface area contributed by atoms with Gasteiger partial charge in [-0.3, -0.25) is 4.79 Å². The van der Waals surface area contributed by atoms with Crippen molar-refractivity contribution in [1.82, 2.24) is 0 Å². The molecule has 0 radical (unpaired) electrons. The average Bonchev–Trinajstić information content (AvgIpc) is 2.17. The highest BCUT2D eigenvalue weighted by molar-refractivity contribution is 5.91. The second-order valence-electron chi connectivity index (χ2n) is 2.12. The van der Waals surface area contributed by atoms with Crippen LogP contribution in [-0.2, 0) is 23.9 Å². The minimum Gasteiger partial charge on any atom is -0.462 e. The van der Waals surface area contributed by atoms with Gasteiger partial charge in [0.25, 0.3) is 0 Å². The zero-order chi connectivity index (χ0) is 11.0. The Morgan fingerprint density at radius 3 is 2.14 bits per heavy atom. The van der Waals surface area contributed by atoms with Crippen LogP contribution in [-0.4, -0.2) is 24.5 Å². The summed E-state index contributed by atoms with van der Waals surface area (Å²) in [7, 11) is 0. The fourth-order valence-corrected chi connectivity index (χ4v) is 0.499. The van der Waals surface area contributed by atoms with Crippen LogP contribution in [0.1, 0.15) is 6.42 Å². The molecule has 0 aliphatic heterocycles. The van der Waals surface area contributed by atoms with E-state index in [4.69, 9.17) is 0 Å². The summed E-state index contributed by atoms with van der Waals surface area (Å²) >= 11 is 0. The summed E-state index contributed by atoms with van der Waals surface area (Å²) in [5.74, 6) is -2.23. The van der Waals surface area contributed by atoms with Crippen LogP contribution in [0.4, 0.5) is 0 Å². The second-order valence-corrected chi connectivity index (χ2v) is 2.12. The second kappa shape index (κ2) is 6.59. The van der Waals surface area contributed by atoms with E-state index in [-0.39, 0.29) is 13.0 Å². The van der Waals surface area contributed by atoms with Crippen LogP contribution in [0.25, 0.3) is 0 Å². The summed E-state index contributed by atoms with van der Waals surface area (Å²) in [4.78, 5) is 31.8. The van der Waals surface area contributed by atoms with Gasteiger partial charge in [0.15, 0.2) is 0 Å². The molecule has 0 fully saturated rings. The molecule has 0 bridgehead atoms. The van der Waals surface area contributed by atoms with Crippen molar-refractivity contribution in [3.05, 3.63) is 25.3 Å². The number of carbonyl (C=O) groups excluding carboxylic acids is 3. The molecule has 0 amide bonds. The molecule has 0 atom stereocenters. The maximum atomic E-state index is 10.8. The van der Waals surface area contributed by atoms with Gasteiger partial charge in [-0.15, -0.1) is 0 Å². The summed E-state index contributed by atoms with van der Waals surface area (Å²) in [6, 6.07) is 0. The zero-order valence-electron chi connectivity index (χ0n) is 7.52. The fraction of sp³-hybridized carbons (Fsp3) is 0.222. The summed E-state index contributed by atoms with van der Waals surface area (Å²) in [6.45, 7) is 6.13. The van der Waals surface area contributed by atoms with E-state index in [1.54, 1.807) is 0 Å². The van der Waals surface area contributed by atoms with Crippen molar-refractivity contribution in [3.63, 3.8) is 0 Å². The molecule has 0 N–H and O–H groups in total. The first kappa shape index (κ1) is 12.1. The molecular formula is C9H10O5. The van der Waals surface area contributed by atoms with E-state index in [0.717, 1.165) is 12.2 Å². The molecule has 5 heteroatoms. The van der Waals surface area contributed by atoms with Crippen LogP contribution in [0.2, 0.25) is 0 Å². The van der Waals surface area contributed by atoms with Crippen LogP contribution >= 0.6 is 0 Å². The Balaban J connectivity index is 3.64. The highest BCUT2D eigenvalue weighted by Crippen LogP contribution is 1.90. The highest BCUT2D eigenvalue weighted by atomic mass is 16.6. The molecule has 0 aromatic rings. The first-order valence-corrected chi connectivity index (χ1v) is 3.76. The molecule has 0 heterocycles. The smallest absolute Gasteiger partial charge is 0.337 e. The van der Waals surface area contributed by atoms with Gasteiger partial charge < -0.3 is 9.47 Å². The predicted octanol–water partition coefficient (Wildman–Crippen LogP) is 0.361. The third-order valence-corrected chi connectivity index (χ3v) is 1.10. The van der Waals surface area contributed by atoms with E-state index in [1.807, 2.05) is 0 Å². The number of hydrogen-bond acceptors (Lipinski definition) is 5.